The molecule has 1 aliphatic rings. The van der Waals surface area contributed by atoms with E-state index >= 15 is 0 Å². The highest BCUT2D eigenvalue weighted by Crippen LogP contribution is 2.33. The minimum atomic E-state index is -0.727. The fourth-order valence-electron chi connectivity index (χ4n) is 4.38. The Kier molecular flexibility index (Phi) is 6.30. The normalized spacial score (nSPS) is 14.8. The molecule has 0 radical (unpaired) electrons. The number of aromatic nitrogens is 4. The Morgan fingerprint density at radius 3 is 2.39 bits per heavy atom. The first-order valence-corrected chi connectivity index (χ1v) is 11.7. The van der Waals surface area contributed by atoms with Gasteiger partial charge in [-0.25, -0.2) is 9.59 Å². The maximum absolute atomic E-state index is 12.6. The molecule has 186 valence electrons. The van der Waals surface area contributed by atoms with E-state index < -0.39 is 17.1 Å². The summed E-state index contributed by atoms with van der Waals surface area (Å²) in [5.74, 6) is -0.444. The minimum absolute atomic E-state index is 0.116. The zero-order valence-corrected chi connectivity index (χ0v) is 19.8. The van der Waals surface area contributed by atoms with E-state index in [9.17, 15) is 19.5 Å². The highest BCUT2D eigenvalue weighted by molar-refractivity contribution is 5.91. The zero-order valence-electron chi connectivity index (χ0n) is 19.8. The van der Waals surface area contributed by atoms with Gasteiger partial charge in [0, 0.05) is 38.9 Å². The van der Waals surface area contributed by atoms with Gasteiger partial charge in [-0.15, -0.1) is 0 Å². The number of hydrogen-bond donors (Lipinski definition) is 4. The van der Waals surface area contributed by atoms with Crippen LogP contribution in [0.4, 0.5) is 11.4 Å². The monoisotopic (exact) mass is 489 g/mol. The molecule has 0 amide bonds. The number of hydrogen-bond acceptors (Lipinski definition) is 7. The van der Waals surface area contributed by atoms with E-state index in [-0.39, 0.29) is 17.8 Å². The summed E-state index contributed by atoms with van der Waals surface area (Å²) in [5.41, 5.74) is 1.71. The van der Waals surface area contributed by atoms with E-state index in [1.165, 1.54) is 6.21 Å². The third-order valence-corrected chi connectivity index (χ3v) is 6.46. The molecular formula is C25H27N7O4. The number of nitrogens with one attached hydrogen (secondary N) is 3. The number of rotatable bonds is 6. The summed E-state index contributed by atoms with van der Waals surface area (Å²) in [6.07, 6.45) is 1.76. The molecule has 1 saturated heterocycles. The number of benzene rings is 2. The van der Waals surface area contributed by atoms with Crippen LogP contribution in [0.25, 0.3) is 11.0 Å². The maximum atomic E-state index is 12.6. The first kappa shape index (κ1) is 23.4. The molecule has 1 fully saturated rings. The number of anilines is 1. The summed E-state index contributed by atoms with van der Waals surface area (Å²) in [6, 6.07) is 13.1. The molecular weight excluding hydrogens is 462 g/mol. The molecule has 0 unspecified atom stereocenters. The second kappa shape index (κ2) is 9.70. The van der Waals surface area contributed by atoms with Crippen molar-refractivity contribution in [3.63, 3.8) is 0 Å². The van der Waals surface area contributed by atoms with E-state index in [1.54, 1.807) is 6.07 Å². The van der Waals surface area contributed by atoms with Crippen LogP contribution in [-0.2, 0) is 13.0 Å². The third-order valence-electron chi connectivity index (χ3n) is 6.46. The van der Waals surface area contributed by atoms with Gasteiger partial charge in [-0.1, -0.05) is 30.3 Å². The number of aryl methyl sites for hydroxylation is 1. The molecule has 4 N–H and O–H groups in total. The molecule has 0 saturated carbocycles. The van der Waals surface area contributed by atoms with E-state index in [4.69, 9.17) is 0 Å². The van der Waals surface area contributed by atoms with E-state index in [0.29, 0.717) is 23.1 Å². The van der Waals surface area contributed by atoms with Crippen molar-refractivity contribution < 1.29 is 5.11 Å². The molecule has 3 heterocycles. The molecule has 36 heavy (non-hydrogen) atoms. The molecule has 0 aliphatic carbocycles. The van der Waals surface area contributed by atoms with Crippen LogP contribution < -0.4 is 21.8 Å². The molecule has 11 heteroatoms. The predicted octanol–water partition coefficient (Wildman–Crippen LogP) is 1.16. The van der Waals surface area contributed by atoms with Crippen molar-refractivity contribution in [2.24, 2.45) is 4.99 Å². The van der Waals surface area contributed by atoms with Gasteiger partial charge < -0.3 is 24.9 Å². The Balaban J connectivity index is 1.51. The lowest BCUT2D eigenvalue weighted by atomic mass is 10.1. The van der Waals surface area contributed by atoms with Crippen LogP contribution in [0.2, 0.25) is 0 Å². The lowest BCUT2D eigenvalue weighted by Gasteiger charge is -2.34. The quantitative estimate of drug-likeness (QED) is 0.299. The highest BCUT2D eigenvalue weighted by Gasteiger charge is 2.19. The van der Waals surface area contributed by atoms with Crippen molar-refractivity contribution in [3.8, 4) is 5.88 Å². The topological polar surface area (TPSA) is 143 Å². The van der Waals surface area contributed by atoms with Crippen molar-refractivity contribution >= 4 is 28.6 Å². The summed E-state index contributed by atoms with van der Waals surface area (Å²) in [4.78, 5) is 53.5. The smallest absolute Gasteiger partial charge is 0.331 e. The Hall–Kier alpha value is -4.38. The van der Waals surface area contributed by atoms with Crippen LogP contribution in [0.3, 0.4) is 0 Å². The first-order valence-electron chi connectivity index (χ1n) is 11.7. The number of likely N-dealkylation sites (N-methyl/N-ethyl adjacent to an activating group) is 1. The van der Waals surface area contributed by atoms with Gasteiger partial charge in [0.1, 0.15) is 5.56 Å². The van der Waals surface area contributed by atoms with Crippen LogP contribution in [-0.4, -0.2) is 69.0 Å². The van der Waals surface area contributed by atoms with Gasteiger partial charge in [0.2, 0.25) is 5.88 Å². The van der Waals surface area contributed by atoms with Crippen molar-refractivity contribution in [3.05, 3.63) is 84.9 Å². The third kappa shape index (κ3) is 4.73. The number of imidazole rings is 1. The van der Waals surface area contributed by atoms with E-state index in [2.05, 4.69) is 36.8 Å². The molecule has 0 bridgehead atoms. The number of H-pyrrole nitrogens is 3. The summed E-state index contributed by atoms with van der Waals surface area (Å²) >= 11 is 0. The van der Waals surface area contributed by atoms with Gasteiger partial charge in [-0.2, -0.15) is 0 Å². The van der Waals surface area contributed by atoms with Crippen molar-refractivity contribution in [2.45, 2.75) is 13.0 Å². The predicted molar refractivity (Wildman–Crippen MR) is 139 cm³/mol. The lowest BCUT2D eigenvalue weighted by molar-refractivity contribution is 0.313. The van der Waals surface area contributed by atoms with Crippen LogP contribution in [0.15, 0.2) is 61.8 Å². The van der Waals surface area contributed by atoms with Crippen LogP contribution in [0.1, 0.15) is 11.1 Å². The van der Waals surface area contributed by atoms with Gasteiger partial charge in [-0.05, 0) is 31.2 Å². The van der Waals surface area contributed by atoms with Crippen molar-refractivity contribution in [1.82, 2.24) is 24.4 Å². The Bertz CT molecular complexity index is 1590. The fourth-order valence-corrected chi connectivity index (χ4v) is 4.38. The van der Waals surface area contributed by atoms with E-state index in [0.717, 1.165) is 42.0 Å². The summed E-state index contributed by atoms with van der Waals surface area (Å²) in [5, 5.41) is 10.8. The van der Waals surface area contributed by atoms with Crippen molar-refractivity contribution in [1.29, 1.82) is 0 Å². The standard InChI is InChI=1S/C25H27N7O4/c1-30-9-11-31(12-10-30)21-14-19-18(27-24(35)28-19)13-20(21)26-15-17-22(33)29-25(36)32(23(17)34)8-7-16-5-3-2-4-6-16/h2-6,13-15,34H,7-12H2,1H3,(H2,27,28,35)(H,29,33,36). The second-order valence-corrected chi connectivity index (χ2v) is 8.90. The zero-order chi connectivity index (χ0) is 25.2. The minimum Gasteiger partial charge on any atom is -0.494 e. The summed E-state index contributed by atoms with van der Waals surface area (Å²) in [7, 11) is 2.06. The molecule has 4 aromatic rings. The average Bonchev–Trinajstić information content (AvgIpc) is 3.23. The summed E-state index contributed by atoms with van der Waals surface area (Å²) in [6.45, 7) is 3.48. The van der Waals surface area contributed by atoms with Gasteiger partial charge in [-0.3, -0.25) is 19.3 Å². The number of nitrogens with zero attached hydrogens (tertiary/aromatic N) is 4. The molecule has 5 rings (SSSR count). The largest absolute Gasteiger partial charge is 0.494 e. The molecule has 1 aliphatic heterocycles. The van der Waals surface area contributed by atoms with Crippen LogP contribution >= 0.6 is 0 Å². The first-order chi connectivity index (χ1) is 17.4. The van der Waals surface area contributed by atoms with E-state index in [1.807, 2.05) is 36.4 Å². The number of aromatic amines is 3. The van der Waals surface area contributed by atoms with Gasteiger partial charge >= 0.3 is 11.4 Å². The summed E-state index contributed by atoms with van der Waals surface area (Å²) < 4.78 is 1.13. The number of aromatic hydroxyl groups is 1. The Morgan fingerprint density at radius 1 is 0.972 bits per heavy atom. The highest BCUT2D eigenvalue weighted by atomic mass is 16.3. The molecule has 2 aromatic carbocycles. The van der Waals surface area contributed by atoms with Crippen molar-refractivity contribution in [2.75, 3.05) is 38.1 Å². The molecule has 11 nitrogen and oxygen atoms in total. The molecule has 0 atom stereocenters. The van der Waals surface area contributed by atoms with Crippen LogP contribution in [0.5, 0.6) is 5.88 Å². The number of fused-ring (bicyclic) bond motifs is 1. The molecule has 0 spiro atoms. The van der Waals surface area contributed by atoms with Crippen LogP contribution in [0, 0.1) is 0 Å². The molecule has 2 aromatic heterocycles. The Morgan fingerprint density at radius 2 is 1.67 bits per heavy atom. The maximum Gasteiger partial charge on any atom is 0.331 e. The second-order valence-electron chi connectivity index (χ2n) is 8.90. The van der Waals surface area contributed by atoms with Gasteiger partial charge in [0.25, 0.3) is 5.56 Å². The fraction of sp³-hybridized carbons (Fsp3) is 0.280. The average molecular weight is 490 g/mol. The van der Waals surface area contributed by atoms with Gasteiger partial charge in [0.05, 0.1) is 22.4 Å². The Labute approximate surface area is 205 Å². The lowest BCUT2D eigenvalue weighted by Crippen LogP contribution is -2.44. The number of piperazine rings is 1. The SMILES string of the molecule is CN1CCN(c2cc3[nH]c(=O)[nH]c3cc2N=Cc2c(O)n(CCc3ccccc3)c(=O)[nH]c2=O)CC1. The number of aliphatic imine (C=N–C) groups is 1. The van der Waals surface area contributed by atoms with Gasteiger partial charge in [0.15, 0.2) is 0 Å².